The second-order valence-electron chi connectivity index (χ2n) is 5.12. The van der Waals surface area contributed by atoms with Gasteiger partial charge >= 0.3 is 5.97 Å². The molecule has 0 aromatic carbocycles. The van der Waals surface area contributed by atoms with Gasteiger partial charge in [-0.1, -0.05) is 0 Å². The van der Waals surface area contributed by atoms with Crippen LogP contribution in [0.25, 0.3) is 0 Å². The van der Waals surface area contributed by atoms with Crippen molar-refractivity contribution in [1.29, 1.82) is 0 Å². The minimum absolute atomic E-state index is 0.0000408. The number of hydrogen-bond acceptors (Lipinski definition) is 7. The van der Waals surface area contributed by atoms with E-state index in [2.05, 4.69) is 15.3 Å². The number of aromatic nitrogens is 2. The van der Waals surface area contributed by atoms with E-state index >= 15 is 0 Å². The van der Waals surface area contributed by atoms with Crippen LogP contribution in [0.15, 0.2) is 18.6 Å². The van der Waals surface area contributed by atoms with Crippen LogP contribution in [0.5, 0.6) is 0 Å². The van der Waals surface area contributed by atoms with Crippen LogP contribution in [0.3, 0.4) is 0 Å². The molecule has 1 saturated heterocycles. The molecule has 9 heteroatoms. The van der Waals surface area contributed by atoms with Gasteiger partial charge in [-0.15, -0.1) is 0 Å². The highest BCUT2D eigenvalue weighted by molar-refractivity contribution is 7.91. The van der Waals surface area contributed by atoms with Gasteiger partial charge in [-0.05, 0) is 13.3 Å². The summed E-state index contributed by atoms with van der Waals surface area (Å²) in [4.78, 5) is 30.8. The van der Waals surface area contributed by atoms with Gasteiger partial charge in [-0.25, -0.2) is 18.2 Å². The van der Waals surface area contributed by atoms with Crippen LogP contribution < -0.4 is 5.32 Å². The molecule has 0 radical (unpaired) electrons. The van der Waals surface area contributed by atoms with Gasteiger partial charge in [0.25, 0.3) is 5.91 Å². The van der Waals surface area contributed by atoms with Gasteiger partial charge in [-0.3, -0.25) is 9.78 Å². The summed E-state index contributed by atoms with van der Waals surface area (Å²) in [5.41, 5.74) is -0.811. The Kier molecular flexibility index (Phi) is 4.21. The molecule has 1 aromatic heterocycles. The Labute approximate surface area is 121 Å². The number of sulfone groups is 1. The summed E-state index contributed by atoms with van der Waals surface area (Å²) in [5, 5.41) is 2.59. The van der Waals surface area contributed by atoms with E-state index in [1.54, 1.807) is 6.92 Å². The summed E-state index contributed by atoms with van der Waals surface area (Å²) in [5.74, 6) is -1.37. The fraction of sp³-hybridized carbons (Fsp3) is 0.500. The molecule has 0 unspecified atom stereocenters. The van der Waals surface area contributed by atoms with Crippen LogP contribution in [-0.2, 0) is 19.4 Å². The van der Waals surface area contributed by atoms with Crippen molar-refractivity contribution in [3.8, 4) is 0 Å². The Morgan fingerprint density at radius 3 is 2.76 bits per heavy atom. The van der Waals surface area contributed by atoms with E-state index in [1.165, 1.54) is 18.6 Å². The number of nitrogens with one attached hydrogen (secondary N) is 1. The lowest BCUT2D eigenvalue weighted by molar-refractivity contribution is -0.125. The number of rotatable bonds is 4. The predicted octanol–water partition coefficient (Wildman–Crippen LogP) is -0.673. The summed E-state index contributed by atoms with van der Waals surface area (Å²) in [7, 11) is -3.11. The molecule has 2 heterocycles. The van der Waals surface area contributed by atoms with Crippen molar-refractivity contribution in [2.24, 2.45) is 0 Å². The zero-order valence-corrected chi connectivity index (χ0v) is 12.2. The topological polar surface area (TPSA) is 115 Å². The number of ether oxygens (including phenoxy) is 1. The molecule has 1 aliphatic rings. The molecule has 1 amide bonds. The number of esters is 1. The number of hydrogen-bond donors (Lipinski definition) is 1. The smallest absolute Gasteiger partial charge is 0.359 e. The van der Waals surface area contributed by atoms with Crippen molar-refractivity contribution in [3.05, 3.63) is 24.3 Å². The van der Waals surface area contributed by atoms with Crippen LogP contribution in [0.4, 0.5) is 0 Å². The van der Waals surface area contributed by atoms with Gasteiger partial charge in [0, 0.05) is 12.4 Å². The standard InChI is InChI=1S/C12H15N3O5S/c1-12(2-5-21(18,19)8-12)15-10(16)7-20-11(17)9-6-13-3-4-14-9/h3-4,6H,2,5,7-8H2,1H3,(H,15,16)/t12-/m0/s1. The fourth-order valence-corrected chi connectivity index (χ4v) is 4.18. The first-order valence-corrected chi connectivity index (χ1v) is 8.06. The lowest BCUT2D eigenvalue weighted by Crippen LogP contribution is -2.48. The second-order valence-corrected chi connectivity index (χ2v) is 7.30. The molecule has 1 aliphatic heterocycles. The van der Waals surface area contributed by atoms with E-state index in [-0.39, 0.29) is 17.2 Å². The number of amides is 1. The SMILES string of the molecule is C[C@]1(NC(=O)COC(=O)c2cnccn2)CCS(=O)(=O)C1. The molecular weight excluding hydrogens is 298 g/mol. The van der Waals surface area contributed by atoms with Crippen molar-refractivity contribution in [2.45, 2.75) is 18.9 Å². The zero-order chi connectivity index (χ0) is 15.5. The van der Waals surface area contributed by atoms with Crippen molar-refractivity contribution in [1.82, 2.24) is 15.3 Å². The largest absolute Gasteiger partial charge is 0.451 e. The van der Waals surface area contributed by atoms with E-state index < -0.39 is 33.9 Å². The summed E-state index contributed by atoms with van der Waals surface area (Å²) >= 11 is 0. The Hall–Kier alpha value is -2.03. The molecular formula is C12H15N3O5S. The lowest BCUT2D eigenvalue weighted by atomic mass is 10.0. The molecule has 114 valence electrons. The molecule has 8 nitrogen and oxygen atoms in total. The van der Waals surface area contributed by atoms with E-state index in [1.807, 2.05) is 0 Å². The Balaban J connectivity index is 1.85. The average molecular weight is 313 g/mol. The molecule has 1 fully saturated rings. The summed E-state index contributed by atoms with van der Waals surface area (Å²) in [6.45, 7) is 1.16. The Bertz CT molecular complexity index is 646. The highest BCUT2D eigenvalue weighted by Gasteiger charge is 2.39. The maximum absolute atomic E-state index is 11.7. The monoisotopic (exact) mass is 313 g/mol. The van der Waals surface area contributed by atoms with E-state index in [0.29, 0.717) is 6.42 Å². The van der Waals surface area contributed by atoms with Gasteiger partial charge in [0.1, 0.15) is 0 Å². The van der Waals surface area contributed by atoms with Crippen LogP contribution >= 0.6 is 0 Å². The molecule has 21 heavy (non-hydrogen) atoms. The molecule has 2 rings (SSSR count). The third-order valence-corrected chi connectivity index (χ3v) is 4.95. The van der Waals surface area contributed by atoms with Crippen molar-refractivity contribution in [2.75, 3.05) is 18.1 Å². The molecule has 1 aromatic rings. The van der Waals surface area contributed by atoms with E-state index in [9.17, 15) is 18.0 Å². The molecule has 0 aliphatic carbocycles. The maximum atomic E-state index is 11.7. The average Bonchev–Trinajstić information content (AvgIpc) is 2.70. The third kappa shape index (κ3) is 4.22. The Morgan fingerprint density at radius 2 is 2.19 bits per heavy atom. The number of nitrogens with zero attached hydrogens (tertiary/aromatic N) is 2. The third-order valence-electron chi connectivity index (χ3n) is 3.05. The summed E-state index contributed by atoms with van der Waals surface area (Å²) < 4.78 is 27.6. The first-order chi connectivity index (χ1) is 9.80. The number of carbonyl (C=O) groups is 2. The lowest BCUT2D eigenvalue weighted by Gasteiger charge is -2.23. The number of carbonyl (C=O) groups excluding carboxylic acids is 2. The van der Waals surface area contributed by atoms with E-state index in [4.69, 9.17) is 4.74 Å². The highest BCUT2D eigenvalue weighted by Crippen LogP contribution is 2.22. The Morgan fingerprint density at radius 1 is 1.43 bits per heavy atom. The molecule has 0 spiro atoms. The van der Waals surface area contributed by atoms with Crippen LogP contribution in [0, 0.1) is 0 Å². The van der Waals surface area contributed by atoms with Gasteiger partial charge in [-0.2, -0.15) is 0 Å². The second kappa shape index (κ2) is 5.76. The summed E-state index contributed by atoms with van der Waals surface area (Å²) in [6, 6.07) is 0. The predicted molar refractivity (Wildman–Crippen MR) is 72.1 cm³/mol. The van der Waals surface area contributed by atoms with Crippen LogP contribution in [0.1, 0.15) is 23.8 Å². The minimum Gasteiger partial charge on any atom is -0.451 e. The quantitative estimate of drug-likeness (QED) is 0.733. The van der Waals surface area contributed by atoms with Gasteiger partial charge in [0.2, 0.25) is 0 Å². The molecule has 0 bridgehead atoms. The normalized spacial score (nSPS) is 23.5. The molecule has 0 saturated carbocycles. The van der Waals surface area contributed by atoms with Gasteiger partial charge in [0.15, 0.2) is 22.1 Å². The van der Waals surface area contributed by atoms with Crippen molar-refractivity contribution in [3.63, 3.8) is 0 Å². The van der Waals surface area contributed by atoms with Crippen LogP contribution in [0.2, 0.25) is 0 Å². The maximum Gasteiger partial charge on any atom is 0.359 e. The highest BCUT2D eigenvalue weighted by atomic mass is 32.2. The van der Waals surface area contributed by atoms with Crippen molar-refractivity contribution >= 4 is 21.7 Å². The van der Waals surface area contributed by atoms with Gasteiger partial charge < -0.3 is 10.1 Å². The fourth-order valence-electron chi connectivity index (χ4n) is 2.09. The van der Waals surface area contributed by atoms with Crippen molar-refractivity contribution < 1.29 is 22.7 Å². The molecule has 1 atom stereocenters. The first-order valence-electron chi connectivity index (χ1n) is 6.24. The summed E-state index contributed by atoms with van der Waals surface area (Å²) in [6.07, 6.45) is 4.32. The van der Waals surface area contributed by atoms with Gasteiger partial charge in [0.05, 0.1) is 23.2 Å². The molecule has 1 N–H and O–H groups in total. The minimum atomic E-state index is -3.11. The van der Waals surface area contributed by atoms with E-state index in [0.717, 1.165) is 0 Å². The first kappa shape index (κ1) is 15.4. The van der Waals surface area contributed by atoms with Crippen LogP contribution in [-0.4, -0.2) is 53.9 Å². The zero-order valence-electron chi connectivity index (χ0n) is 11.4.